The molecule has 0 heterocycles. The molecule has 3 nitrogen and oxygen atoms in total. The zero-order chi connectivity index (χ0) is 11.3. The zero-order valence-electron chi connectivity index (χ0n) is 7.61. The number of carboxylic acids is 1. The van der Waals surface area contributed by atoms with Crippen LogP contribution in [-0.4, -0.2) is 17.7 Å². The quantitative estimate of drug-likeness (QED) is 0.858. The highest BCUT2D eigenvalue weighted by Crippen LogP contribution is 2.21. The molecule has 0 bridgehead atoms. The van der Waals surface area contributed by atoms with E-state index < -0.39 is 5.97 Å². The molecule has 0 aliphatic carbocycles. The van der Waals surface area contributed by atoms with E-state index >= 15 is 0 Å². The third kappa shape index (κ3) is 3.71. The fraction of sp³-hybridized carbons (Fsp3) is 0.100. The Hall–Kier alpha value is -0.750. The van der Waals surface area contributed by atoms with Gasteiger partial charge in [0.05, 0.1) is 0 Å². The van der Waals surface area contributed by atoms with Crippen LogP contribution < -0.4 is 4.74 Å². The van der Waals surface area contributed by atoms with Gasteiger partial charge in [-0.05, 0) is 46.9 Å². The van der Waals surface area contributed by atoms with Crippen LogP contribution in [0, 0.1) is 3.57 Å². The Bertz CT molecular complexity index is 390. The van der Waals surface area contributed by atoms with Gasteiger partial charge in [-0.1, -0.05) is 11.6 Å². The molecule has 1 rings (SSSR count). The van der Waals surface area contributed by atoms with Crippen LogP contribution in [-0.2, 0) is 0 Å². The van der Waals surface area contributed by atoms with Gasteiger partial charge in [-0.2, -0.15) is 0 Å². The highest BCUT2D eigenvalue weighted by molar-refractivity contribution is 14.1. The van der Waals surface area contributed by atoms with Crippen LogP contribution in [0.3, 0.4) is 0 Å². The van der Waals surface area contributed by atoms with Gasteiger partial charge in [0.2, 0.25) is 0 Å². The molecule has 5 heteroatoms. The standard InChI is InChI=1S/C10H8ClIO3/c11-4-1-5-15-9-3-2-7(12)6-8(9)10(13)14/h1-4,6H,5H2,(H,13,14)/b4-1+. The van der Waals surface area contributed by atoms with Crippen molar-refractivity contribution in [3.05, 3.63) is 38.9 Å². The van der Waals surface area contributed by atoms with Gasteiger partial charge >= 0.3 is 5.97 Å². The number of aromatic carboxylic acids is 1. The summed E-state index contributed by atoms with van der Waals surface area (Å²) in [6.07, 6.45) is 1.59. The number of carbonyl (C=O) groups is 1. The van der Waals surface area contributed by atoms with Gasteiger partial charge < -0.3 is 9.84 Å². The number of rotatable bonds is 4. The maximum Gasteiger partial charge on any atom is 0.339 e. The Morgan fingerprint density at radius 3 is 2.93 bits per heavy atom. The summed E-state index contributed by atoms with van der Waals surface area (Å²) in [5.74, 6) is -0.656. The second-order valence-electron chi connectivity index (χ2n) is 2.62. The van der Waals surface area contributed by atoms with E-state index in [0.717, 1.165) is 3.57 Å². The first-order valence-electron chi connectivity index (χ1n) is 4.06. The number of benzene rings is 1. The molecule has 0 aromatic heterocycles. The highest BCUT2D eigenvalue weighted by atomic mass is 127. The number of ether oxygens (including phenoxy) is 1. The largest absolute Gasteiger partial charge is 0.489 e. The summed E-state index contributed by atoms with van der Waals surface area (Å²) >= 11 is 7.36. The van der Waals surface area contributed by atoms with Crippen LogP contribution in [0.2, 0.25) is 0 Å². The van der Waals surface area contributed by atoms with Crippen molar-refractivity contribution in [2.45, 2.75) is 0 Å². The van der Waals surface area contributed by atoms with Gasteiger partial charge in [-0.15, -0.1) is 0 Å². The van der Waals surface area contributed by atoms with Gasteiger partial charge in [-0.25, -0.2) is 4.79 Å². The molecule has 0 aliphatic rings. The molecule has 0 unspecified atom stereocenters. The second-order valence-corrected chi connectivity index (χ2v) is 4.12. The summed E-state index contributed by atoms with van der Waals surface area (Å²) in [5.41, 5.74) is 1.48. The number of halogens is 2. The van der Waals surface area contributed by atoms with E-state index in [-0.39, 0.29) is 12.2 Å². The molecule has 0 amide bonds. The first-order chi connectivity index (χ1) is 7.15. The van der Waals surface area contributed by atoms with Gasteiger partial charge in [-0.3, -0.25) is 0 Å². The average Bonchev–Trinajstić information content (AvgIpc) is 2.20. The van der Waals surface area contributed by atoms with Crippen molar-refractivity contribution >= 4 is 40.2 Å². The molecule has 0 atom stereocenters. The summed E-state index contributed by atoms with van der Waals surface area (Å²) in [7, 11) is 0. The molecular weight excluding hydrogens is 330 g/mol. The minimum absolute atomic E-state index is 0.157. The summed E-state index contributed by atoms with van der Waals surface area (Å²) in [5, 5.41) is 8.92. The lowest BCUT2D eigenvalue weighted by molar-refractivity contribution is 0.0692. The number of hydrogen-bond acceptors (Lipinski definition) is 2. The van der Waals surface area contributed by atoms with E-state index in [1.165, 1.54) is 5.54 Å². The van der Waals surface area contributed by atoms with E-state index in [4.69, 9.17) is 21.4 Å². The molecular formula is C10H8ClIO3. The molecule has 1 aromatic rings. The Morgan fingerprint density at radius 1 is 1.60 bits per heavy atom. The topological polar surface area (TPSA) is 46.5 Å². The normalized spacial score (nSPS) is 10.5. The second kappa shape index (κ2) is 5.97. The van der Waals surface area contributed by atoms with Gasteiger partial charge in [0.25, 0.3) is 0 Å². The van der Waals surface area contributed by atoms with Gasteiger partial charge in [0.15, 0.2) is 0 Å². The van der Waals surface area contributed by atoms with Crippen LogP contribution in [0.4, 0.5) is 0 Å². The third-order valence-electron chi connectivity index (χ3n) is 1.60. The predicted octanol–water partition coefficient (Wildman–Crippen LogP) is 3.12. The lowest BCUT2D eigenvalue weighted by atomic mass is 10.2. The third-order valence-corrected chi connectivity index (χ3v) is 2.45. The van der Waals surface area contributed by atoms with E-state index in [0.29, 0.717) is 5.75 Å². The predicted molar refractivity (Wildman–Crippen MR) is 66.6 cm³/mol. The van der Waals surface area contributed by atoms with E-state index in [2.05, 4.69) is 0 Å². The first-order valence-corrected chi connectivity index (χ1v) is 5.57. The van der Waals surface area contributed by atoms with Crippen LogP contribution in [0.15, 0.2) is 29.8 Å². The Balaban J connectivity index is 2.90. The van der Waals surface area contributed by atoms with E-state index in [1.54, 1.807) is 24.3 Å². The van der Waals surface area contributed by atoms with Crippen molar-refractivity contribution in [2.24, 2.45) is 0 Å². The highest BCUT2D eigenvalue weighted by Gasteiger charge is 2.11. The Kier molecular flexibility index (Phi) is 4.90. The van der Waals surface area contributed by atoms with E-state index in [1.807, 2.05) is 22.6 Å². The summed E-state index contributed by atoms with van der Waals surface area (Å²) in [6, 6.07) is 4.97. The van der Waals surface area contributed by atoms with Crippen LogP contribution >= 0.6 is 34.2 Å². The van der Waals surface area contributed by atoms with Crippen molar-refractivity contribution in [3.8, 4) is 5.75 Å². The zero-order valence-corrected chi connectivity index (χ0v) is 10.5. The van der Waals surface area contributed by atoms with Crippen molar-refractivity contribution < 1.29 is 14.6 Å². The van der Waals surface area contributed by atoms with Gasteiger partial charge in [0.1, 0.15) is 17.9 Å². The molecule has 1 N–H and O–H groups in total. The Morgan fingerprint density at radius 2 is 2.33 bits per heavy atom. The molecule has 0 saturated carbocycles. The van der Waals surface area contributed by atoms with Crippen molar-refractivity contribution in [3.63, 3.8) is 0 Å². The molecule has 0 aliphatic heterocycles. The first kappa shape index (κ1) is 12.3. The number of hydrogen-bond donors (Lipinski definition) is 1. The molecule has 15 heavy (non-hydrogen) atoms. The van der Waals surface area contributed by atoms with Crippen molar-refractivity contribution in [1.82, 2.24) is 0 Å². The lowest BCUT2D eigenvalue weighted by Gasteiger charge is -2.07. The summed E-state index contributed by atoms with van der Waals surface area (Å²) in [6.45, 7) is 0.254. The molecule has 0 spiro atoms. The fourth-order valence-corrected chi connectivity index (χ4v) is 1.53. The lowest BCUT2D eigenvalue weighted by Crippen LogP contribution is -2.03. The molecule has 0 saturated heterocycles. The molecule has 1 aromatic carbocycles. The van der Waals surface area contributed by atoms with Crippen LogP contribution in [0.1, 0.15) is 10.4 Å². The maximum atomic E-state index is 10.9. The van der Waals surface area contributed by atoms with Crippen LogP contribution in [0.25, 0.3) is 0 Å². The average molecular weight is 339 g/mol. The minimum atomic E-state index is -1.00. The van der Waals surface area contributed by atoms with Gasteiger partial charge in [0, 0.05) is 9.11 Å². The molecule has 0 fully saturated rings. The fourth-order valence-electron chi connectivity index (χ4n) is 0.969. The Labute approximate surface area is 106 Å². The smallest absolute Gasteiger partial charge is 0.339 e. The summed E-state index contributed by atoms with van der Waals surface area (Å²) < 4.78 is 6.09. The minimum Gasteiger partial charge on any atom is -0.489 e. The SMILES string of the molecule is O=C(O)c1cc(I)ccc1OC/C=C/Cl. The van der Waals surface area contributed by atoms with Crippen LogP contribution in [0.5, 0.6) is 5.75 Å². The number of carboxylic acid groups (broad SMARTS) is 1. The van der Waals surface area contributed by atoms with Crippen molar-refractivity contribution in [2.75, 3.05) is 6.61 Å². The summed E-state index contributed by atoms with van der Waals surface area (Å²) in [4.78, 5) is 10.9. The van der Waals surface area contributed by atoms with Crippen molar-refractivity contribution in [1.29, 1.82) is 0 Å². The maximum absolute atomic E-state index is 10.9. The molecule has 0 radical (unpaired) electrons. The molecule has 80 valence electrons. The van der Waals surface area contributed by atoms with E-state index in [9.17, 15) is 4.79 Å². The monoisotopic (exact) mass is 338 g/mol.